The molecular weight excluding hydrogens is 609 g/mol. The fourth-order valence-electron chi connectivity index (χ4n) is 10.1. The Morgan fingerprint density at radius 2 is 1.57 bits per heavy atom. The van der Waals surface area contributed by atoms with Crippen LogP contribution in [0.1, 0.15) is 94.9 Å². The minimum Gasteiger partial charge on any atom is -0.136 e. The number of fused-ring (bicyclic) bond motifs is 10. The van der Waals surface area contributed by atoms with E-state index in [1.807, 2.05) is 11.3 Å². The van der Waals surface area contributed by atoms with Gasteiger partial charge < -0.3 is 0 Å². The van der Waals surface area contributed by atoms with Crippen LogP contribution in [0.5, 0.6) is 0 Å². The summed E-state index contributed by atoms with van der Waals surface area (Å²) in [6.45, 7) is 0. The van der Waals surface area contributed by atoms with Gasteiger partial charge in [0, 0.05) is 15.7 Å². The molecule has 4 aromatic rings. The van der Waals surface area contributed by atoms with E-state index < -0.39 is 0 Å². The average Bonchev–Trinajstić information content (AvgIpc) is 3.53. The molecule has 2 atom stereocenters. The van der Waals surface area contributed by atoms with Gasteiger partial charge in [-0.1, -0.05) is 78.9 Å². The first kappa shape index (κ1) is 28.4. The van der Waals surface area contributed by atoms with Crippen molar-refractivity contribution in [3.63, 3.8) is 0 Å². The number of benzene rings is 3. The maximum Gasteiger partial charge on any atom is 0.0314 e. The van der Waals surface area contributed by atoms with Gasteiger partial charge in [-0.3, -0.25) is 0 Å². The highest BCUT2D eigenvalue weighted by Gasteiger charge is 2.27. The van der Waals surface area contributed by atoms with E-state index in [4.69, 9.17) is 0 Å². The topological polar surface area (TPSA) is 0 Å². The normalized spacial score (nSPS) is 22.7. The van der Waals surface area contributed by atoms with E-state index in [2.05, 4.69) is 109 Å². The van der Waals surface area contributed by atoms with Gasteiger partial charge in [0.05, 0.1) is 0 Å². The molecule has 0 spiro atoms. The minimum absolute atomic E-state index is 0.513. The Labute approximate surface area is 292 Å². The summed E-state index contributed by atoms with van der Waals surface area (Å²) in [6, 6.07) is 17.0. The van der Waals surface area contributed by atoms with Crippen LogP contribution in [0.15, 0.2) is 90.1 Å². The van der Waals surface area contributed by atoms with E-state index in [-0.39, 0.29) is 0 Å². The number of thiophene rings is 1. The lowest BCUT2D eigenvalue weighted by atomic mass is 9.77. The van der Waals surface area contributed by atoms with E-state index in [0.29, 0.717) is 11.8 Å². The molecule has 0 amide bonds. The summed E-state index contributed by atoms with van der Waals surface area (Å²) in [7, 11) is 0. The van der Waals surface area contributed by atoms with Gasteiger partial charge in [0.15, 0.2) is 0 Å². The maximum absolute atomic E-state index is 2.59. The molecule has 3 aromatic carbocycles. The third-order valence-electron chi connectivity index (χ3n) is 12.6. The maximum atomic E-state index is 2.59. The zero-order valence-electron chi connectivity index (χ0n) is 28.0. The molecule has 1 aromatic heterocycles. The average molecular weight is 649 g/mol. The predicted octanol–water partition coefficient (Wildman–Crippen LogP) is 9.44. The molecule has 0 N–H and O–H groups in total. The van der Waals surface area contributed by atoms with Crippen LogP contribution < -0.4 is 20.9 Å². The molecule has 49 heavy (non-hydrogen) atoms. The highest BCUT2D eigenvalue weighted by Crippen LogP contribution is 2.44. The lowest BCUT2D eigenvalue weighted by Gasteiger charge is -2.27. The number of rotatable bonds is 2. The van der Waals surface area contributed by atoms with Crippen molar-refractivity contribution in [1.29, 1.82) is 0 Å². The molecule has 0 radical (unpaired) electrons. The van der Waals surface area contributed by atoms with Crippen molar-refractivity contribution in [1.82, 2.24) is 0 Å². The second kappa shape index (κ2) is 11.0. The van der Waals surface area contributed by atoms with Crippen LogP contribution in [-0.2, 0) is 12.8 Å². The number of hydrogen-bond acceptors (Lipinski definition) is 1. The summed E-state index contributed by atoms with van der Waals surface area (Å²) in [5, 5.41) is 8.64. The van der Waals surface area contributed by atoms with Gasteiger partial charge in [-0.2, -0.15) is 0 Å². The highest BCUT2D eigenvalue weighted by atomic mass is 32.1. The summed E-state index contributed by atoms with van der Waals surface area (Å²) < 4.78 is 0. The first-order valence-corrected chi connectivity index (χ1v) is 19.5. The van der Waals surface area contributed by atoms with E-state index >= 15 is 0 Å². The lowest BCUT2D eigenvalue weighted by molar-refractivity contribution is 0.619. The lowest BCUT2D eigenvalue weighted by Crippen LogP contribution is -2.33. The Balaban J connectivity index is 0.980. The second-order valence-electron chi connectivity index (χ2n) is 15.2. The molecule has 7 aliphatic rings. The largest absolute Gasteiger partial charge is 0.136 e. The predicted molar refractivity (Wildman–Crippen MR) is 211 cm³/mol. The third-order valence-corrected chi connectivity index (χ3v) is 13.8. The molecule has 7 aliphatic carbocycles. The van der Waals surface area contributed by atoms with Crippen molar-refractivity contribution in [2.75, 3.05) is 0 Å². The van der Waals surface area contributed by atoms with Crippen molar-refractivity contribution >= 4 is 69.2 Å². The highest BCUT2D eigenvalue weighted by molar-refractivity contribution is 7.14. The van der Waals surface area contributed by atoms with Gasteiger partial charge in [-0.15, -0.1) is 11.3 Å². The van der Waals surface area contributed by atoms with Gasteiger partial charge in [-0.05, 0) is 188 Å². The summed E-state index contributed by atoms with van der Waals surface area (Å²) in [4.78, 5) is 3.02. The summed E-state index contributed by atoms with van der Waals surface area (Å²) in [5.41, 5.74) is 15.3. The van der Waals surface area contributed by atoms with Crippen LogP contribution in [0.4, 0.5) is 0 Å². The zero-order valence-corrected chi connectivity index (χ0v) is 28.8. The van der Waals surface area contributed by atoms with Crippen LogP contribution in [0, 0.1) is 5.92 Å². The Morgan fingerprint density at radius 1 is 0.694 bits per heavy atom. The van der Waals surface area contributed by atoms with Gasteiger partial charge in [0.1, 0.15) is 0 Å². The van der Waals surface area contributed by atoms with Crippen molar-refractivity contribution < 1.29 is 0 Å². The van der Waals surface area contributed by atoms with Crippen molar-refractivity contribution in [2.24, 2.45) is 5.92 Å². The smallest absolute Gasteiger partial charge is 0.0314 e. The number of hydrogen-bond donors (Lipinski definition) is 0. The minimum atomic E-state index is 0.513. The van der Waals surface area contributed by atoms with Gasteiger partial charge in [0.25, 0.3) is 0 Å². The van der Waals surface area contributed by atoms with Crippen LogP contribution in [0.25, 0.3) is 57.9 Å². The Bertz CT molecular complexity index is 2600. The first-order chi connectivity index (χ1) is 24.2. The molecule has 0 saturated carbocycles. The fraction of sp³-hybridized carbons (Fsp3) is 0.250. The van der Waals surface area contributed by atoms with E-state index in [0.717, 1.165) is 38.5 Å². The van der Waals surface area contributed by atoms with Crippen LogP contribution in [0.3, 0.4) is 0 Å². The molecule has 0 bridgehead atoms. The second-order valence-corrected chi connectivity index (χ2v) is 16.3. The molecule has 2 unspecified atom stereocenters. The molecule has 0 nitrogen and oxygen atoms in total. The first-order valence-electron chi connectivity index (χ1n) is 18.7. The summed E-state index contributed by atoms with van der Waals surface area (Å²) in [6.07, 6.45) is 38.2. The molecule has 238 valence electrons. The molecule has 0 fully saturated rings. The standard InChI is InChI=1S/C48H40S/c1-3-11-37-29(7-1)15-17-33-25-43-31(23-45(33)37)9-5-13-39(43)35-19-21-41-42-22-20-36(28-48(42)49-47(41)27-35)40-14-6-10-32-24-46-34(26-44(32)40)18-16-30-8-2-4-12-38(30)46/h1,3-4,6-7,9-10,12,14-15,17-18,23-28,30,37H,2,5,8,11,13,16,19-22H2. The third kappa shape index (κ3) is 4.48. The van der Waals surface area contributed by atoms with Crippen LogP contribution in [-0.4, -0.2) is 0 Å². The molecule has 1 heterocycles. The molecule has 0 aliphatic heterocycles. The SMILES string of the molecule is C1=CCC2C(=C1)C=Cc1cc3c(cc12)=CCCC=3C1=Cc2sc3c(c2CC1)CCC(c1cccc2cc4c(cc12)=CCC1CCC=CC=41)=C3. The quantitative estimate of drug-likeness (QED) is 0.203. The van der Waals surface area contributed by atoms with E-state index in [9.17, 15) is 0 Å². The van der Waals surface area contributed by atoms with Crippen LogP contribution >= 0.6 is 11.3 Å². The van der Waals surface area contributed by atoms with Gasteiger partial charge in [-0.25, -0.2) is 0 Å². The summed E-state index contributed by atoms with van der Waals surface area (Å²) in [5.74, 6) is 1.21. The summed E-state index contributed by atoms with van der Waals surface area (Å²) >= 11 is 2.05. The zero-order chi connectivity index (χ0) is 32.1. The Morgan fingerprint density at radius 3 is 2.51 bits per heavy atom. The van der Waals surface area contributed by atoms with E-state index in [1.54, 1.807) is 27.8 Å². The van der Waals surface area contributed by atoms with Crippen molar-refractivity contribution in [3.8, 4) is 0 Å². The van der Waals surface area contributed by atoms with Crippen molar-refractivity contribution in [2.45, 2.75) is 70.1 Å². The Hall–Kier alpha value is -4.46. The molecule has 1 heteroatoms. The molecule has 11 rings (SSSR count). The monoisotopic (exact) mass is 648 g/mol. The van der Waals surface area contributed by atoms with Crippen LogP contribution in [0.2, 0.25) is 0 Å². The van der Waals surface area contributed by atoms with Gasteiger partial charge >= 0.3 is 0 Å². The van der Waals surface area contributed by atoms with E-state index in [1.165, 1.54) is 94.9 Å². The number of allylic oxidation sites excluding steroid dienone is 9. The molecule has 0 saturated heterocycles. The fourth-order valence-corrected chi connectivity index (χ4v) is 11.4. The Kier molecular flexibility index (Phi) is 6.39. The molecular formula is C48H40S. The van der Waals surface area contributed by atoms with Gasteiger partial charge in [0.2, 0.25) is 0 Å². The van der Waals surface area contributed by atoms with Crippen molar-refractivity contribution in [3.05, 3.63) is 149 Å².